The van der Waals surface area contributed by atoms with Crippen LogP contribution in [0.3, 0.4) is 0 Å². The fourth-order valence-electron chi connectivity index (χ4n) is 1.29. The fourth-order valence-corrected chi connectivity index (χ4v) is 1.54. The van der Waals surface area contributed by atoms with E-state index < -0.39 is 10.4 Å². The van der Waals surface area contributed by atoms with Crippen molar-refractivity contribution in [2.24, 2.45) is 0 Å². The van der Waals surface area contributed by atoms with E-state index in [1.807, 2.05) is 6.07 Å². The van der Waals surface area contributed by atoms with Crippen LogP contribution in [0.4, 0.5) is 0 Å². The van der Waals surface area contributed by atoms with Crippen molar-refractivity contribution in [2.75, 3.05) is 19.7 Å². The van der Waals surface area contributed by atoms with Crippen molar-refractivity contribution >= 4 is 21.8 Å². The number of nitriles is 1. The summed E-state index contributed by atoms with van der Waals surface area (Å²) in [6.45, 7) is 4.96. The van der Waals surface area contributed by atoms with Gasteiger partial charge in [0.15, 0.2) is 6.10 Å². The first kappa shape index (κ1) is 11.5. The van der Waals surface area contributed by atoms with Gasteiger partial charge in [0, 0.05) is 6.54 Å². The summed E-state index contributed by atoms with van der Waals surface area (Å²) < 4.78 is 4.58. The van der Waals surface area contributed by atoms with Crippen molar-refractivity contribution in [1.82, 2.24) is 4.90 Å². The first-order valence-electron chi connectivity index (χ1n) is 4.44. The summed E-state index contributed by atoms with van der Waals surface area (Å²) in [6.07, 6.45) is -0.484. The molecule has 0 aliphatic carbocycles. The lowest BCUT2D eigenvalue weighted by Gasteiger charge is -2.33. The van der Waals surface area contributed by atoms with Crippen molar-refractivity contribution in [3.63, 3.8) is 0 Å². The number of nitrogens with zero attached hydrogens (tertiary/aromatic N) is 2. The summed E-state index contributed by atoms with van der Waals surface area (Å²) in [6, 6.07) is 2.01. The Kier molecular flexibility index (Phi) is 3.51. The zero-order valence-electron chi connectivity index (χ0n) is 8.29. The molecule has 0 N–H and O–H groups in total. The van der Waals surface area contributed by atoms with Crippen molar-refractivity contribution in [3.8, 4) is 6.07 Å². The molecule has 0 saturated carbocycles. The van der Waals surface area contributed by atoms with Crippen LogP contribution in [0.5, 0.6) is 0 Å². The molecule has 1 amide bonds. The van der Waals surface area contributed by atoms with E-state index in [1.54, 1.807) is 18.7 Å². The third-order valence-electron chi connectivity index (χ3n) is 2.01. The van der Waals surface area contributed by atoms with E-state index in [9.17, 15) is 4.79 Å². The molecule has 14 heavy (non-hydrogen) atoms. The van der Waals surface area contributed by atoms with Crippen LogP contribution in [0.2, 0.25) is 0 Å². The summed E-state index contributed by atoms with van der Waals surface area (Å²) in [7, 11) is 0. The maximum atomic E-state index is 11.8. The van der Waals surface area contributed by atoms with Crippen molar-refractivity contribution < 1.29 is 9.53 Å². The van der Waals surface area contributed by atoms with Gasteiger partial charge in [0.2, 0.25) is 5.91 Å². The van der Waals surface area contributed by atoms with E-state index in [1.165, 1.54) is 0 Å². The van der Waals surface area contributed by atoms with Gasteiger partial charge in [-0.3, -0.25) is 4.79 Å². The predicted octanol–water partition coefficient (Wildman–Crippen LogP) is 0.911. The Morgan fingerprint density at radius 1 is 1.71 bits per heavy atom. The Bertz CT molecular complexity index is 267. The highest BCUT2D eigenvalue weighted by molar-refractivity contribution is 9.10. The molecular formula is C9H13BrN2O2. The third kappa shape index (κ3) is 2.69. The monoisotopic (exact) mass is 260 g/mol. The zero-order valence-corrected chi connectivity index (χ0v) is 9.87. The number of rotatable bonds is 1. The normalized spacial score (nSPS) is 23.0. The van der Waals surface area contributed by atoms with E-state index in [4.69, 9.17) is 10.00 Å². The van der Waals surface area contributed by atoms with Gasteiger partial charge in [-0.2, -0.15) is 5.26 Å². The fraction of sp³-hybridized carbons (Fsp3) is 0.778. The maximum absolute atomic E-state index is 11.8. The van der Waals surface area contributed by atoms with Crippen LogP contribution in [0.25, 0.3) is 0 Å². The van der Waals surface area contributed by atoms with Crippen molar-refractivity contribution in [1.29, 1.82) is 5.26 Å². The summed E-state index contributed by atoms with van der Waals surface area (Å²) >= 11 is 3.31. The second-order valence-corrected chi connectivity index (χ2v) is 5.69. The Labute approximate surface area is 91.9 Å². The second kappa shape index (κ2) is 4.28. The van der Waals surface area contributed by atoms with Gasteiger partial charge >= 0.3 is 0 Å². The topological polar surface area (TPSA) is 53.3 Å². The first-order valence-corrected chi connectivity index (χ1v) is 5.24. The molecular weight excluding hydrogens is 248 g/mol. The van der Waals surface area contributed by atoms with Gasteiger partial charge in [-0.15, -0.1) is 0 Å². The number of carbonyl (C=O) groups excluding carboxylic acids is 1. The molecule has 1 rings (SSSR count). The van der Waals surface area contributed by atoms with Crippen LogP contribution in [0.1, 0.15) is 13.8 Å². The first-order chi connectivity index (χ1) is 6.45. The molecule has 78 valence electrons. The van der Waals surface area contributed by atoms with Gasteiger partial charge in [-0.1, -0.05) is 15.9 Å². The Morgan fingerprint density at radius 3 is 2.86 bits per heavy atom. The molecule has 0 aromatic rings. The van der Waals surface area contributed by atoms with Crippen LogP contribution in [-0.4, -0.2) is 40.9 Å². The summed E-state index contributed by atoms with van der Waals surface area (Å²) in [5, 5.41) is 8.67. The molecule has 0 aromatic heterocycles. The average Bonchev–Trinajstić information content (AvgIpc) is 2.15. The standard InChI is InChI=1S/C9H13BrN2O2/c1-9(2,10)8(13)12-3-4-14-7(5-11)6-12/h7H,3-4,6H2,1-2H3. The lowest BCUT2D eigenvalue weighted by Crippen LogP contribution is -2.50. The largest absolute Gasteiger partial charge is 0.360 e. The van der Waals surface area contributed by atoms with Crippen molar-refractivity contribution in [2.45, 2.75) is 24.3 Å². The minimum atomic E-state index is -0.565. The van der Waals surface area contributed by atoms with Crippen molar-refractivity contribution in [3.05, 3.63) is 0 Å². The number of morpholine rings is 1. The smallest absolute Gasteiger partial charge is 0.239 e. The number of hydrogen-bond acceptors (Lipinski definition) is 3. The number of ether oxygens (including phenoxy) is 1. The van der Waals surface area contributed by atoms with Crippen LogP contribution >= 0.6 is 15.9 Å². The van der Waals surface area contributed by atoms with E-state index in [0.717, 1.165) is 0 Å². The number of carbonyl (C=O) groups is 1. The number of alkyl halides is 1. The number of hydrogen-bond donors (Lipinski definition) is 0. The summed E-state index contributed by atoms with van der Waals surface area (Å²) in [5.41, 5.74) is 0. The summed E-state index contributed by atoms with van der Waals surface area (Å²) in [4.78, 5) is 13.5. The van der Waals surface area contributed by atoms with Gasteiger partial charge < -0.3 is 9.64 Å². The van der Waals surface area contributed by atoms with Crippen LogP contribution < -0.4 is 0 Å². The maximum Gasteiger partial charge on any atom is 0.239 e. The van der Waals surface area contributed by atoms with Gasteiger partial charge in [-0.25, -0.2) is 0 Å². The molecule has 1 aliphatic heterocycles. The molecule has 1 saturated heterocycles. The molecule has 0 bridgehead atoms. The minimum absolute atomic E-state index is 0.000972. The highest BCUT2D eigenvalue weighted by Crippen LogP contribution is 2.20. The molecule has 0 radical (unpaired) electrons. The summed E-state index contributed by atoms with van der Waals surface area (Å²) in [5.74, 6) is 0.000972. The molecule has 1 aliphatic rings. The quantitative estimate of drug-likeness (QED) is 0.659. The van der Waals surface area contributed by atoms with Crippen LogP contribution in [0, 0.1) is 11.3 Å². The molecule has 0 aromatic carbocycles. The third-order valence-corrected chi connectivity index (χ3v) is 2.35. The Morgan fingerprint density at radius 2 is 2.36 bits per heavy atom. The molecule has 1 atom stereocenters. The lowest BCUT2D eigenvalue weighted by atomic mass is 10.1. The molecule has 1 unspecified atom stereocenters. The molecule has 1 heterocycles. The molecule has 4 nitrogen and oxygen atoms in total. The number of halogens is 1. The van der Waals surface area contributed by atoms with Gasteiger partial charge in [0.1, 0.15) is 0 Å². The van der Waals surface area contributed by atoms with Crippen LogP contribution in [0.15, 0.2) is 0 Å². The predicted molar refractivity (Wildman–Crippen MR) is 54.9 cm³/mol. The highest BCUT2D eigenvalue weighted by atomic mass is 79.9. The second-order valence-electron chi connectivity index (χ2n) is 3.71. The van der Waals surface area contributed by atoms with Crippen LogP contribution in [-0.2, 0) is 9.53 Å². The molecule has 1 fully saturated rings. The minimum Gasteiger partial charge on any atom is -0.360 e. The number of amides is 1. The van der Waals surface area contributed by atoms with E-state index >= 15 is 0 Å². The van der Waals surface area contributed by atoms with E-state index in [-0.39, 0.29) is 5.91 Å². The van der Waals surface area contributed by atoms with Gasteiger partial charge in [-0.05, 0) is 13.8 Å². The molecule has 0 spiro atoms. The van der Waals surface area contributed by atoms with E-state index in [2.05, 4.69) is 15.9 Å². The molecule has 5 heteroatoms. The lowest BCUT2D eigenvalue weighted by molar-refractivity contribution is -0.138. The highest BCUT2D eigenvalue weighted by Gasteiger charge is 2.32. The zero-order chi connectivity index (χ0) is 10.8. The van der Waals surface area contributed by atoms with E-state index in [0.29, 0.717) is 19.7 Å². The SMILES string of the molecule is CC(C)(Br)C(=O)N1CCOC(C#N)C1. The van der Waals surface area contributed by atoms with Gasteiger partial charge in [0.05, 0.1) is 23.5 Å². The van der Waals surface area contributed by atoms with Gasteiger partial charge in [0.25, 0.3) is 0 Å². The Hall–Kier alpha value is -0.600. The average molecular weight is 261 g/mol. The Balaban J connectivity index is 2.62.